The van der Waals surface area contributed by atoms with E-state index in [-0.39, 0.29) is 41.3 Å². The average molecular weight is 409 g/mol. The van der Waals surface area contributed by atoms with E-state index >= 15 is 0 Å². The van der Waals surface area contributed by atoms with Crippen molar-refractivity contribution in [3.8, 4) is 0 Å². The van der Waals surface area contributed by atoms with Crippen LogP contribution in [-0.2, 0) is 4.79 Å². The van der Waals surface area contributed by atoms with Crippen molar-refractivity contribution in [2.45, 2.75) is 96.9 Å². The Balaban J connectivity index is 1.61. The Bertz CT molecular complexity index is 637. The molecule has 0 spiro atoms. The van der Waals surface area contributed by atoms with Crippen LogP contribution in [0.3, 0.4) is 0 Å². The van der Waals surface area contributed by atoms with Gasteiger partial charge in [0.15, 0.2) is 0 Å². The fraction of sp³-hybridized carbons (Fsp3) is 0.958. The van der Waals surface area contributed by atoms with Crippen LogP contribution in [0, 0.1) is 46.3 Å². The molecule has 0 heterocycles. The Kier molecular flexibility index (Phi) is 5.57. The van der Waals surface area contributed by atoms with Crippen molar-refractivity contribution in [3.63, 3.8) is 0 Å². The zero-order valence-electron chi connectivity index (χ0n) is 18.3. The number of fused-ring (bicyclic) bond motifs is 5. The summed E-state index contributed by atoms with van der Waals surface area (Å²) >= 11 is 0. The van der Waals surface area contributed by atoms with Crippen molar-refractivity contribution < 1.29 is 25.2 Å². The number of hydrogen-bond acceptors (Lipinski definition) is 4. The summed E-state index contributed by atoms with van der Waals surface area (Å²) < 4.78 is 0. The minimum Gasteiger partial charge on any atom is -0.481 e. The minimum absolute atomic E-state index is 0.0957. The lowest BCUT2D eigenvalue weighted by Gasteiger charge is -2.63. The van der Waals surface area contributed by atoms with Crippen LogP contribution in [0.2, 0.25) is 0 Å². The maximum Gasteiger partial charge on any atom is 0.303 e. The van der Waals surface area contributed by atoms with Crippen molar-refractivity contribution in [3.05, 3.63) is 0 Å². The second kappa shape index (κ2) is 7.49. The number of rotatable bonds is 4. The first-order valence-corrected chi connectivity index (χ1v) is 11.8. The van der Waals surface area contributed by atoms with Gasteiger partial charge in [-0.05, 0) is 97.7 Å². The van der Waals surface area contributed by atoms with Crippen molar-refractivity contribution in [1.29, 1.82) is 0 Å². The Morgan fingerprint density at radius 3 is 2.45 bits per heavy atom. The molecule has 4 fully saturated rings. The van der Waals surface area contributed by atoms with Gasteiger partial charge in [0.25, 0.3) is 0 Å². The van der Waals surface area contributed by atoms with E-state index in [0.29, 0.717) is 30.1 Å². The Labute approximate surface area is 174 Å². The summed E-state index contributed by atoms with van der Waals surface area (Å²) in [4.78, 5) is 11.1. The summed E-state index contributed by atoms with van der Waals surface area (Å²) in [5.74, 6) is 0.997. The van der Waals surface area contributed by atoms with Crippen LogP contribution in [0.1, 0.15) is 78.6 Å². The molecule has 0 aromatic rings. The molecule has 0 bridgehead atoms. The highest BCUT2D eigenvalue weighted by molar-refractivity contribution is 5.66. The second-order valence-electron chi connectivity index (χ2n) is 11.4. The lowest BCUT2D eigenvalue weighted by atomic mass is 9.43. The molecular formula is C24H40O5. The number of aliphatic hydroxyl groups excluding tert-OH is 3. The normalized spacial score (nSPS) is 52.9. The van der Waals surface area contributed by atoms with Gasteiger partial charge in [0.05, 0.1) is 18.3 Å². The van der Waals surface area contributed by atoms with E-state index in [1.54, 1.807) is 0 Å². The van der Waals surface area contributed by atoms with Crippen molar-refractivity contribution >= 4 is 5.97 Å². The van der Waals surface area contributed by atoms with Crippen LogP contribution >= 0.6 is 0 Å². The van der Waals surface area contributed by atoms with Crippen LogP contribution in [-0.4, -0.2) is 44.7 Å². The predicted molar refractivity (Wildman–Crippen MR) is 110 cm³/mol. The quantitative estimate of drug-likeness (QED) is 0.571. The van der Waals surface area contributed by atoms with E-state index in [2.05, 4.69) is 20.8 Å². The predicted octanol–water partition coefficient (Wildman–Crippen LogP) is 3.45. The van der Waals surface area contributed by atoms with Gasteiger partial charge < -0.3 is 20.4 Å². The molecule has 0 aliphatic heterocycles. The van der Waals surface area contributed by atoms with Crippen LogP contribution in [0.4, 0.5) is 0 Å². The molecule has 4 rings (SSSR count). The lowest BCUT2D eigenvalue weighted by molar-refractivity contribution is -0.207. The maximum atomic E-state index is 11.5. The van der Waals surface area contributed by atoms with E-state index < -0.39 is 12.1 Å². The molecule has 0 aromatic heterocycles. The standard InChI is InChI=1S/C24H40O5/c1-13(4-7-21(28)29)16-5-6-17-22-18(12-20(27)24(16,17)3)23(2)9-8-15(25)10-14(23)11-19(22)26/h13-20,22,25-27H,4-12H2,1-3H3,(H,28,29)/t13-,14?,15-,16-,17?,18?,19-,20+,22?,23+,24?/m1/s1. The van der Waals surface area contributed by atoms with E-state index in [0.717, 1.165) is 44.9 Å². The van der Waals surface area contributed by atoms with E-state index in [1.165, 1.54) is 0 Å². The highest BCUT2D eigenvalue weighted by Crippen LogP contribution is 2.68. The van der Waals surface area contributed by atoms with Crippen molar-refractivity contribution in [2.75, 3.05) is 0 Å². The first-order chi connectivity index (χ1) is 13.6. The average Bonchev–Trinajstić information content (AvgIpc) is 3.01. The summed E-state index contributed by atoms with van der Waals surface area (Å²) in [5, 5.41) is 42.0. The Hall–Kier alpha value is -0.650. The fourth-order valence-electron chi connectivity index (χ4n) is 8.68. The van der Waals surface area contributed by atoms with Crippen molar-refractivity contribution in [2.24, 2.45) is 46.3 Å². The van der Waals surface area contributed by atoms with Crippen LogP contribution in [0.25, 0.3) is 0 Å². The number of hydrogen-bond donors (Lipinski definition) is 4. The number of carboxylic acids is 1. The van der Waals surface area contributed by atoms with Crippen molar-refractivity contribution in [1.82, 2.24) is 0 Å². The smallest absolute Gasteiger partial charge is 0.303 e. The zero-order valence-corrected chi connectivity index (χ0v) is 18.3. The topological polar surface area (TPSA) is 98.0 Å². The molecule has 0 radical (unpaired) electrons. The number of carbonyl (C=O) groups is 1. The third-order valence-electron chi connectivity index (χ3n) is 10.3. The van der Waals surface area contributed by atoms with Gasteiger partial charge in [-0.15, -0.1) is 0 Å². The number of aliphatic hydroxyl groups is 3. The highest BCUT2D eigenvalue weighted by Gasteiger charge is 2.65. The molecule has 166 valence electrons. The molecule has 0 aromatic carbocycles. The van der Waals surface area contributed by atoms with Gasteiger partial charge in [-0.2, -0.15) is 0 Å². The molecule has 11 atom stereocenters. The van der Waals surface area contributed by atoms with Gasteiger partial charge in [0, 0.05) is 6.42 Å². The summed E-state index contributed by atoms with van der Waals surface area (Å²) in [7, 11) is 0. The largest absolute Gasteiger partial charge is 0.481 e. The fourth-order valence-corrected chi connectivity index (χ4v) is 8.68. The molecule has 0 amide bonds. The molecule has 4 saturated carbocycles. The minimum atomic E-state index is -0.748. The molecule has 4 aliphatic rings. The van der Waals surface area contributed by atoms with Gasteiger partial charge in [0.2, 0.25) is 0 Å². The SMILES string of the molecule is C[C@H](CCC(=O)O)[C@H]1CCC2C3C(C[C@H](O)C21C)[C@@]1(C)CC[C@@H](O)CC1C[C@H]3O. The van der Waals surface area contributed by atoms with Gasteiger partial charge in [-0.3, -0.25) is 4.79 Å². The molecule has 5 nitrogen and oxygen atoms in total. The van der Waals surface area contributed by atoms with E-state index in [4.69, 9.17) is 5.11 Å². The Morgan fingerprint density at radius 2 is 1.76 bits per heavy atom. The summed E-state index contributed by atoms with van der Waals surface area (Å²) in [6.45, 7) is 6.72. The lowest BCUT2D eigenvalue weighted by Crippen LogP contribution is -2.62. The van der Waals surface area contributed by atoms with Gasteiger partial charge in [0.1, 0.15) is 0 Å². The van der Waals surface area contributed by atoms with Gasteiger partial charge >= 0.3 is 5.97 Å². The first-order valence-electron chi connectivity index (χ1n) is 11.8. The van der Waals surface area contributed by atoms with Gasteiger partial charge in [-0.1, -0.05) is 20.8 Å². The summed E-state index contributed by atoms with van der Waals surface area (Å²) in [5.41, 5.74) is -0.143. The number of aliphatic carboxylic acids is 1. The molecule has 29 heavy (non-hydrogen) atoms. The molecule has 4 N–H and O–H groups in total. The Morgan fingerprint density at radius 1 is 1.03 bits per heavy atom. The number of carboxylic acid groups (broad SMARTS) is 1. The van der Waals surface area contributed by atoms with Crippen LogP contribution < -0.4 is 0 Å². The molecule has 4 aliphatic carbocycles. The third kappa shape index (κ3) is 3.27. The van der Waals surface area contributed by atoms with Crippen LogP contribution in [0.5, 0.6) is 0 Å². The summed E-state index contributed by atoms with van der Waals surface area (Å²) in [6.07, 6.45) is 6.00. The molecular weight excluding hydrogens is 368 g/mol. The zero-order chi connectivity index (χ0) is 21.1. The van der Waals surface area contributed by atoms with E-state index in [1.807, 2.05) is 0 Å². The second-order valence-corrected chi connectivity index (χ2v) is 11.4. The van der Waals surface area contributed by atoms with E-state index in [9.17, 15) is 20.1 Å². The third-order valence-corrected chi connectivity index (χ3v) is 10.3. The highest BCUT2D eigenvalue weighted by atomic mass is 16.4. The van der Waals surface area contributed by atoms with Crippen LogP contribution in [0.15, 0.2) is 0 Å². The monoisotopic (exact) mass is 408 g/mol. The summed E-state index contributed by atoms with van der Waals surface area (Å²) in [6, 6.07) is 0. The molecule has 0 saturated heterocycles. The first kappa shape index (κ1) is 21.6. The molecule has 5 heteroatoms. The molecule has 5 unspecified atom stereocenters. The maximum absolute atomic E-state index is 11.5. The van der Waals surface area contributed by atoms with Gasteiger partial charge in [-0.25, -0.2) is 0 Å².